The lowest BCUT2D eigenvalue weighted by Gasteiger charge is -2.28. The van der Waals surface area contributed by atoms with E-state index in [1.807, 2.05) is 30.3 Å². The second-order valence-electron chi connectivity index (χ2n) is 4.68. The molecule has 0 aromatic heterocycles. The summed E-state index contributed by atoms with van der Waals surface area (Å²) in [5, 5.41) is 9.22. The van der Waals surface area contributed by atoms with E-state index in [2.05, 4.69) is 0 Å². The van der Waals surface area contributed by atoms with Crippen molar-refractivity contribution < 1.29 is 19.4 Å². The largest absolute Gasteiger partial charge is 0.478 e. The summed E-state index contributed by atoms with van der Waals surface area (Å²) in [6.45, 7) is 0.931. The third-order valence-corrected chi connectivity index (χ3v) is 3.74. The first-order valence-electron chi connectivity index (χ1n) is 6.50. The number of hydrogen-bond acceptors (Lipinski definition) is 3. The molecule has 0 amide bonds. The first kappa shape index (κ1) is 14.1. The highest BCUT2D eigenvalue weighted by molar-refractivity contribution is 6.33. The zero-order valence-corrected chi connectivity index (χ0v) is 11.8. The van der Waals surface area contributed by atoms with Crippen molar-refractivity contribution in [3.05, 3.63) is 70.2 Å². The maximum absolute atomic E-state index is 11.1. The van der Waals surface area contributed by atoms with Gasteiger partial charge in [0.25, 0.3) is 0 Å². The van der Waals surface area contributed by atoms with Crippen molar-refractivity contribution in [2.75, 3.05) is 13.2 Å². The van der Waals surface area contributed by atoms with E-state index in [1.54, 1.807) is 12.1 Å². The maximum Gasteiger partial charge on any atom is 0.337 e. The molecule has 5 heteroatoms. The Bertz CT molecular complexity index is 663. The van der Waals surface area contributed by atoms with Gasteiger partial charge in [0.1, 0.15) is 0 Å². The Morgan fingerprint density at radius 2 is 1.71 bits per heavy atom. The van der Waals surface area contributed by atoms with Gasteiger partial charge in [-0.25, -0.2) is 4.79 Å². The van der Waals surface area contributed by atoms with Crippen molar-refractivity contribution in [2.45, 2.75) is 5.79 Å². The number of ether oxygens (including phenoxy) is 2. The molecule has 0 aliphatic carbocycles. The van der Waals surface area contributed by atoms with Gasteiger partial charge in [-0.15, -0.1) is 0 Å². The van der Waals surface area contributed by atoms with Gasteiger partial charge in [0, 0.05) is 11.1 Å². The molecule has 1 N–H and O–H groups in total. The normalized spacial score (nSPS) is 16.8. The second-order valence-corrected chi connectivity index (χ2v) is 5.09. The molecule has 4 nitrogen and oxygen atoms in total. The van der Waals surface area contributed by atoms with Crippen LogP contribution in [0.5, 0.6) is 0 Å². The van der Waals surface area contributed by atoms with Crippen molar-refractivity contribution in [3.8, 4) is 0 Å². The predicted molar refractivity (Wildman–Crippen MR) is 77.5 cm³/mol. The molecule has 1 saturated heterocycles. The standard InChI is InChI=1S/C16H13ClO4/c17-14-10-12(6-7-13(14)15(18)19)16(20-8-9-21-16)11-4-2-1-3-5-11/h1-7,10H,8-9H2,(H,18,19). The number of benzene rings is 2. The topological polar surface area (TPSA) is 55.8 Å². The lowest BCUT2D eigenvalue weighted by molar-refractivity contribution is -0.129. The van der Waals surface area contributed by atoms with E-state index in [-0.39, 0.29) is 10.6 Å². The van der Waals surface area contributed by atoms with Gasteiger partial charge in [-0.05, 0) is 12.1 Å². The fourth-order valence-electron chi connectivity index (χ4n) is 2.46. The van der Waals surface area contributed by atoms with E-state index in [4.69, 9.17) is 26.2 Å². The van der Waals surface area contributed by atoms with E-state index >= 15 is 0 Å². The minimum Gasteiger partial charge on any atom is -0.478 e. The monoisotopic (exact) mass is 304 g/mol. The molecule has 1 aliphatic rings. The maximum atomic E-state index is 11.1. The number of carboxylic acids is 1. The summed E-state index contributed by atoms with van der Waals surface area (Å²) in [5.74, 6) is -2.09. The third kappa shape index (κ3) is 2.42. The van der Waals surface area contributed by atoms with Crippen molar-refractivity contribution in [3.63, 3.8) is 0 Å². The van der Waals surface area contributed by atoms with Gasteiger partial charge in [0.05, 0.1) is 23.8 Å². The van der Waals surface area contributed by atoms with Gasteiger partial charge in [0.15, 0.2) is 0 Å². The van der Waals surface area contributed by atoms with Gasteiger partial charge in [-0.3, -0.25) is 0 Å². The summed E-state index contributed by atoms with van der Waals surface area (Å²) in [7, 11) is 0. The highest BCUT2D eigenvalue weighted by Crippen LogP contribution is 2.39. The summed E-state index contributed by atoms with van der Waals surface area (Å²) in [6.07, 6.45) is 0. The van der Waals surface area contributed by atoms with Crippen LogP contribution in [-0.4, -0.2) is 24.3 Å². The number of carbonyl (C=O) groups is 1. The Kier molecular flexibility index (Phi) is 3.68. The van der Waals surface area contributed by atoms with Gasteiger partial charge in [-0.2, -0.15) is 0 Å². The molecule has 108 valence electrons. The molecule has 0 radical (unpaired) electrons. The van der Waals surface area contributed by atoms with Crippen molar-refractivity contribution in [1.29, 1.82) is 0 Å². The Morgan fingerprint density at radius 1 is 1.05 bits per heavy atom. The fraction of sp³-hybridized carbons (Fsp3) is 0.188. The molecular weight excluding hydrogens is 292 g/mol. The highest BCUT2D eigenvalue weighted by Gasteiger charge is 2.40. The molecule has 1 heterocycles. The van der Waals surface area contributed by atoms with Crippen LogP contribution in [0.15, 0.2) is 48.5 Å². The van der Waals surface area contributed by atoms with E-state index in [1.165, 1.54) is 6.07 Å². The van der Waals surface area contributed by atoms with E-state index in [0.29, 0.717) is 18.8 Å². The number of hydrogen-bond donors (Lipinski definition) is 1. The molecule has 2 aromatic rings. The molecule has 0 saturated carbocycles. The first-order valence-corrected chi connectivity index (χ1v) is 6.88. The number of rotatable bonds is 3. The van der Waals surface area contributed by atoms with Gasteiger partial charge in [-0.1, -0.05) is 48.0 Å². The lowest BCUT2D eigenvalue weighted by Crippen LogP contribution is -2.28. The zero-order chi connectivity index (χ0) is 14.9. The summed E-state index contributed by atoms with van der Waals surface area (Å²) in [4.78, 5) is 11.1. The van der Waals surface area contributed by atoms with E-state index < -0.39 is 11.8 Å². The third-order valence-electron chi connectivity index (χ3n) is 3.43. The number of halogens is 1. The minimum absolute atomic E-state index is 0.0571. The van der Waals surface area contributed by atoms with Crippen molar-refractivity contribution in [1.82, 2.24) is 0 Å². The number of carboxylic acid groups (broad SMARTS) is 1. The van der Waals surface area contributed by atoms with Crippen LogP contribution in [-0.2, 0) is 15.3 Å². The van der Waals surface area contributed by atoms with E-state index in [9.17, 15) is 4.79 Å². The quantitative estimate of drug-likeness (QED) is 0.945. The molecule has 0 spiro atoms. The Morgan fingerprint density at radius 3 is 2.29 bits per heavy atom. The molecule has 2 aromatic carbocycles. The highest BCUT2D eigenvalue weighted by atomic mass is 35.5. The lowest BCUT2D eigenvalue weighted by atomic mass is 9.96. The molecule has 1 fully saturated rings. The molecular formula is C16H13ClO4. The van der Waals surface area contributed by atoms with Crippen LogP contribution in [0.1, 0.15) is 21.5 Å². The molecule has 0 bridgehead atoms. The smallest absolute Gasteiger partial charge is 0.337 e. The average molecular weight is 305 g/mol. The number of aromatic carboxylic acids is 1. The molecule has 1 aliphatic heterocycles. The van der Waals surface area contributed by atoms with Crippen LogP contribution < -0.4 is 0 Å². The Hall–Kier alpha value is -1.88. The van der Waals surface area contributed by atoms with Gasteiger partial charge >= 0.3 is 5.97 Å². The van der Waals surface area contributed by atoms with Gasteiger partial charge < -0.3 is 14.6 Å². The zero-order valence-electron chi connectivity index (χ0n) is 11.1. The summed E-state index contributed by atoms with van der Waals surface area (Å²) in [5.41, 5.74) is 1.59. The van der Waals surface area contributed by atoms with Crippen LogP contribution in [0, 0.1) is 0 Å². The van der Waals surface area contributed by atoms with Crippen LogP contribution in [0.2, 0.25) is 5.02 Å². The average Bonchev–Trinajstić information content (AvgIpc) is 2.98. The van der Waals surface area contributed by atoms with Crippen LogP contribution in [0.4, 0.5) is 0 Å². The summed E-state index contributed by atoms with van der Waals surface area (Å²) >= 11 is 6.06. The fourth-order valence-corrected chi connectivity index (χ4v) is 2.72. The van der Waals surface area contributed by atoms with E-state index in [0.717, 1.165) is 5.56 Å². The first-order chi connectivity index (χ1) is 10.1. The Labute approximate surface area is 126 Å². The second kappa shape index (κ2) is 5.48. The SMILES string of the molecule is O=C(O)c1ccc(C2(c3ccccc3)OCCO2)cc1Cl. The molecule has 21 heavy (non-hydrogen) atoms. The molecule has 0 atom stereocenters. The molecule has 3 rings (SSSR count). The summed E-state index contributed by atoms with van der Waals surface area (Å²) in [6, 6.07) is 14.2. The predicted octanol–water partition coefficient (Wildman–Crippen LogP) is 3.29. The van der Waals surface area contributed by atoms with Crippen LogP contribution >= 0.6 is 11.6 Å². The summed E-state index contributed by atoms with van der Waals surface area (Å²) < 4.78 is 11.7. The Balaban J connectivity index is 2.11. The van der Waals surface area contributed by atoms with Crippen LogP contribution in [0.3, 0.4) is 0 Å². The van der Waals surface area contributed by atoms with Gasteiger partial charge in [0.2, 0.25) is 5.79 Å². The van der Waals surface area contributed by atoms with Crippen LogP contribution in [0.25, 0.3) is 0 Å². The minimum atomic E-state index is -1.06. The van der Waals surface area contributed by atoms with Crippen molar-refractivity contribution >= 4 is 17.6 Å². The van der Waals surface area contributed by atoms with Crippen molar-refractivity contribution in [2.24, 2.45) is 0 Å². The molecule has 0 unspecified atom stereocenters.